The maximum atomic E-state index is 12.4. The number of carboxylic acids is 1. The van der Waals surface area contributed by atoms with Gasteiger partial charge in [0.15, 0.2) is 0 Å². The van der Waals surface area contributed by atoms with Crippen LogP contribution in [-0.4, -0.2) is 58.0 Å². The number of nitrogens with zero attached hydrogens (tertiary/aromatic N) is 2. The van der Waals surface area contributed by atoms with Crippen LogP contribution in [0.25, 0.3) is 0 Å². The van der Waals surface area contributed by atoms with Crippen LogP contribution in [0.1, 0.15) is 5.56 Å². The fourth-order valence-corrected chi connectivity index (χ4v) is 4.27. The molecule has 110 valence electrons. The number of urea groups is 1. The van der Waals surface area contributed by atoms with Gasteiger partial charge in [-0.3, -0.25) is 0 Å². The maximum absolute atomic E-state index is 12.4. The average molecular weight is 379 g/mol. The molecule has 1 aromatic heterocycles. The van der Waals surface area contributed by atoms with Gasteiger partial charge in [-0.15, -0.1) is 11.3 Å². The highest BCUT2D eigenvalue weighted by molar-refractivity contribution is 9.11. The van der Waals surface area contributed by atoms with Crippen molar-refractivity contribution < 1.29 is 14.7 Å². The van der Waals surface area contributed by atoms with E-state index in [2.05, 4.69) is 15.9 Å². The minimum absolute atomic E-state index is 0.222. The Hall–Kier alpha value is -0.730. The standard InChI is InChI=1S/C12H15BrN2O3S2/c1-14(5-8-4-10(13)20-6-8)12(18)15-2-3-19-7-9(15)11(16)17/h4,6,9H,2-3,5,7H2,1H3,(H,16,17). The van der Waals surface area contributed by atoms with Gasteiger partial charge in [0.05, 0.1) is 3.79 Å². The predicted octanol–water partition coefficient (Wildman–Crippen LogP) is 2.56. The largest absolute Gasteiger partial charge is 0.480 e. The van der Waals surface area contributed by atoms with Crippen molar-refractivity contribution in [2.75, 3.05) is 25.1 Å². The number of thioether (sulfide) groups is 1. The molecule has 8 heteroatoms. The van der Waals surface area contributed by atoms with Crippen LogP contribution in [0.2, 0.25) is 0 Å². The van der Waals surface area contributed by atoms with E-state index in [4.69, 9.17) is 0 Å². The Morgan fingerprint density at radius 1 is 1.60 bits per heavy atom. The summed E-state index contributed by atoms with van der Waals surface area (Å²) in [6, 6.07) is 1.02. The van der Waals surface area contributed by atoms with Crippen LogP contribution in [0.4, 0.5) is 4.79 Å². The lowest BCUT2D eigenvalue weighted by Gasteiger charge is -2.35. The number of carboxylic acid groups (broad SMARTS) is 1. The first-order valence-electron chi connectivity index (χ1n) is 6.04. The summed E-state index contributed by atoms with van der Waals surface area (Å²) in [4.78, 5) is 26.6. The molecule has 0 radical (unpaired) electrons. The lowest BCUT2D eigenvalue weighted by Crippen LogP contribution is -2.53. The summed E-state index contributed by atoms with van der Waals surface area (Å²) in [6.45, 7) is 0.967. The summed E-state index contributed by atoms with van der Waals surface area (Å²) >= 11 is 6.53. The zero-order chi connectivity index (χ0) is 14.7. The van der Waals surface area contributed by atoms with E-state index in [1.807, 2.05) is 11.4 Å². The van der Waals surface area contributed by atoms with E-state index in [9.17, 15) is 14.7 Å². The molecule has 1 saturated heterocycles. The average Bonchev–Trinajstić information content (AvgIpc) is 2.83. The van der Waals surface area contributed by atoms with Gasteiger partial charge in [0, 0.05) is 31.6 Å². The summed E-state index contributed by atoms with van der Waals surface area (Å²) in [5.41, 5.74) is 1.04. The second-order valence-electron chi connectivity index (χ2n) is 4.52. The highest BCUT2D eigenvalue weighted by Gasteiger charge is 2.33. The van der Waals surface area contributed by atoms with Gasteiger partial charge in [0.2, 0.25) is 0 Å². The fourth-order valence-electron chi connectivity index (χ4n) is 2.03. The Morgan fingerprint density at radius 3 is 2.95 bits per heavy atom. The number of thiophene rings is 1. The lowest BCUT2D eigenvalue weighted by molar-refractivity contribution is -0.141. The summed E-state index contributed by atoms with van der Waals surface area (Å²) in [5.74, 6) is 0.309. The van der Waals surface area contributed by atoms with Gasteiger partial charge in [-0.25, -0.2) is 9.59 Å². The molecule has 1 fully saturated rings. The zero-order valence-corrected chi connectivity index (χ0v) is 14.1. The smallest absolute Gasteiger partial charge is 0.327 e. The predicted molar refractivity (Wildman–Crippen MR) is 84.3 cm³/mol. The number of carbonyl (C=O) groups excluding carboxylic acids is 1. The van der Waals surface area contributed by atoms with E-state index in [1.165, 1.54) is 4.90 Å². The third-order valence-corrected chi connectivity index (χ3v) is 5.60. The van der Waals surface area contributed by atoms with Gasteiger partial charge in [-0.2, -0.15) is 11.8 Å². The van der Waals surface area contributed by atoms with Gasteiger partial charge in [0.25, 0.3) is 0 Å². The molecule has 1 N–H and O–H groups in total. The third kappa shape index (κ3) is 3.67. The molecule has 1 unspecified atom stereocenters. The topological polar surface area (TPSA) is 60.9 Å². The molecule has 1 aliphatic rings. The molecular formula is C12H15BrN2O3S2. The molecule has 0 spiro atoms. The maximum Gasteiger partial charge on any atom is 0.327 e. The summed E-state index contributed by atoms with van der Waals surface area (Å²) in [6.07, 6.45) is 0. The number of carbonyl (C=O) groups is 2. The summed E-state index contributed by atoms with van der Waals surface area (Å²) < 4.78 is 1.02. The number of hydrogen-bond acceptors (Lipinski definition) is 4. The molecule has 20 heavy (non-hydrogen) atoms. The van der Waals surface area contributed by atoms with Crippen LogP contribution < -0.4 is 0 Å². The molecule has 0 saturated carbocycles. The minimum Gasteiger partial charge on any atom is -0.480 e. The third-order valence-electron chi connectivity index (χ3n) is 3.03. The first-order chi connectivity index (χ1) is 9.49. The second kappa shape index (κ2) is 6.82. The normalized spacial score (nSPS) is 18.9. The Balaban J connectivity index is 2.02. The van der Waals surface area contributed by atoms with E-state index in [0.717, 1.165) is 15.1 Å². The van der Waals surface area contributed by atoms with Gasteiger partial charge < -0.3 is 14.9 Å². The van der Waals surface area contributed by atoms with Crippen molar-refractivity contribution in [2.24, 2.45) is 0 Å². The molecule has 0 aromatic carbocycles. The van der Waals surface area contributed by atoms with Gasteiger partial charge >= 0.3 is 12.0 Å². The Kier molecular flexibility index (Phi) is 5.34. The molecule has 2 heterocycles. The van der Waals surface area contributed by atoms with Crippen LogP contribution in [0.5, 0.6) is 0 Å². The monoisotopic (exact) mass is 378 g/mol. The Labute approximate surface area is 134 Å². The molecular weight excluding hydrogens is 364 g/mol. The number of amides is 2. The highest BCUT2D eigenvalue weighted by Crippen LogP contribution is 2.23. The number of hydrogen-bond donors (Lipinski definition) is 1. The van der Waals surface area contributed by atoms with Crippen LogP contribution >= 0.6 is 39.0 Å². The van der Waals surface area contributed by atoms with Crippen LogP contribution in [0.15, 0.2) is 15.2 Å². The van der Waals surface area contributed by atoms with Crippen molar-refractivity contribution in [3.63, 3.8) is 0 Å². The van der Waals surface area contributed by atoms with Gasteiger partial charge in [-0.05, 0) is 32.9 Å². The second-order valence-corrected chi connectivity index (χ2v) is 7.96. The summed E-state index contributed by atoms with van der Waals surface area (Å²) in [7, 11) is 1.70. The number of aliphatic carboxylic acids is 1. The number of halogens is 1. The van der Waals surface area contributed by atoms with Gasteiger partial charge in [0.1, 0.15) is 6.04 Å². The quantitative estimate of drug-likeness (QED) is 0.877. The van der Waals surface area contributed by atoms with Crippen molar-refractivity contribution in [1.82, 2.24) is 9.80 Å². The molecule has 1 aliphatic heterocycles. The van der Waals surface area contributed by atoms with Crippen molar-refractivity contribution >= 4 is 51.0 Å². The first kappa shape index (κ1) is 15.7. The Bertz CT molecular complexity index is 509. The fraction of sp³-hybridized carbons (Fsp3) is 0.500. The zero-order valence-electron chi connectivity index (χ0n) is 10.9. The van der Waals surface area contributed by atoms with E-state index < -0.39 is 12.0 Å². The van der Waals surface area contributed by atoms with Crippen molar-refractivity contribution in [3.8, 4) is 0 Å². The Morgan fingerprint density at radius 2 is 2.35 bits per heavy atom. The first-order valence-corrected chi connectivity index (χ1v) is 8.87. The van der Waals surface area contributed by atoms with E-state index in [0.29, 0.717) is 18.8 Å². The van der Waals surface area contributed by atoms with Crippen LogP contribution in [0.3, 0.4) is 0 Å². The van der Waals surface area contributed by atoms with Crippen LogP contribution in [-0.2, 0) is 11.3 Å². The highest BCUT2D eigenvalue weighted by atomic mass is 79.9. The molecule has 0 bridgehead atoms. The van der Waals surface area contributed by atoms with E-state index in [1.54, 1.807) is 35.0 Å². The molecule has 5 nitrogen and oxygen atoms in total. The molecule has 2 rings (SSSR count). The molecule has 1 aromatic rings. The van der Waals surface area contributed by atoms with E-state index in [-0.39, 0.29) is 6.03 Å². The van der Waals surface area contributed by atoms with E-state index >= 15 is 0 Å². The van der Waals surface area contributed by atoms with Crippen molar-refractivity contribution in [2.45, 2.75) is 12.6 Å². The van der Waals surface area contributed by atoms with Gasteiger partial charge in [-0.1, -0.05) is 0 Å². The molecule has 2 amide bonds. The molecule has 0 aliphatic carbocycles. The number of rotatable bonds is 3. The summed E-state index contributed by atoms with van der Waals surface area (Å²) in [5, 5.41) is 11.2. The minimum atomic E-state index is -0.933. The van der Waals surface area contributed by atoms with Crippen molar-refractivity contribution in [1.29, 1.82) is 0 Å². The molecule has 1 atom stereocenters. The van der Waals surface area contributed by atoms with Crippen LogP contribution in [0, 0.1) is 0 Å². The van der Waals surface area contributed by atoms with Crippen molar-refractivity contribution in [3.05, 3.63) is 20.8 Å². The lowest BCUT2D eigenvalue weighted by atomic mass is 10.2. The SMILES string of the molecule is CN(Cc1csc(Br)c1)C(=O)N1CCSCC1C(=O)O.